The van der Waals surface area contributed by atoms with Gasteiger partial charge in [-0.2, -0.15) is 0 Å². The number of H-pyrrole nitrogens is 1. The van der Waals surface area contributed by atoms with E-state index in [1.807, 2.05) is 0 Å². The topological polar surface area (TPSA) is 126 Å². The fourth-order valence-electron chi connectivity index (χ4n) is 2.54. The molecule has 0 radical (unpaired) electrons. The van der Waals surface area contributed by atoms with Gasteiger partial charge in [-0.05, 0) is 12.1 Å². The number of benzene rings is 1. The van der Waals surface area contributed by atoms with Gasteiger partial charge in [-0.3, -0.25) is 14.4 Å². The molecule has 2 heterocycles. The van der Waals surface area contributed by atoms with E-state index >= 15 is 0 Å². The number of hydrogen-bond donors (Lipinski definition) is 1. The minimum atomic E-state index is -3.87. The summed E-state index contributed by atoms with van der Waals surface area (Å²) in [5.74, 6) is -0.925. The van der Waals surface area contributed by atoms with Gasteiger partial charge in [0.1, 0.15) is 4.90 Å². The van der Waals surface area contributed by atoms with Crippen LogP contribution in [0.15, 0.2) is 45.2 Å². The molecule has 0 unspecified atom stereocenters. The third kappa shape index (κ3) is 3.88. The monoisotopic (exact) mass is 409 g/mol. The fraction of sp³-hybridized carbons (Fsp3) is 0.250. The van der Waals surface area contributed by atoms with E-state index in [4.69, 9.17) is 0 Å². The van der Waals surface area contributed by atoms with Crippen molar-refractivity contribution < 1.29 is 22.7 Å². The zero-order chi connectivity index (χ0) is 19.6. The van der Waals surface area contributed by atoms with Gasteiger partial charge in [0.25, 0.3) is 21.5 Å². The van der Waals surface area contributed by atoms with Crippen LogP contribution in [0.1, 0.15) is 16.1 Å². The van der Waals surface area contributed by atoms with Crippen LogP contribution in [0.25, 0.3) is 0 Å². The maximum absolute atomic E-state index is 12.5. The summed E-state index contributed by atoms with van der Waals surface area (Å²) in [7, 11) is -2.64. The van der Waals surface area contributed by atoms with Crippen molar-refractivity contribution in [2.75, 3.05) is 19.4 Å². The number of fused-ring (bicyclic) bond motifs is 1. The number of aromatic amines is 1. The zero-order valence-corrected chi connectivity index (χ0v) is 15.8. The van der Waals surface area contributed by atoms with E-state index in [-0.39, 0.29) is 40.0 Å². The molecule has 0 atom stereocenters. The first-order valence-electron chi connectivity index (χ1n) is 7.79. The highest BCUT2D eigenvalue weighted by atomic mass is 32.2. The number of sulfonamides is 1. The first-order valence-corrected chi connectivity index (χ1v) is 10.2. The molecule has 0 spiro atoms. The highest BCUT2D eigenvalue weighted by molar-refractivity contribution is 7.99. The summed E-state index contributed by atoms with van der Waals surface area (Å²) in [6, 6.07) is 7.21. The Bertz CT molecular complexity index is 1060. The minimum Gasteiger partial charge on any atom is -0.469 e. The summed E-state index contributed by atoms with van der Waals surface area (Å²) in [4.78, 5) is 42.0. The summed E-state index contributed by atoms with van der Waals surface area (Å²) < 4.78 is 30.3. The number of nitrogens with zero attached hydrogens (tertiary/aromatic N) is 2. The SMILES string of the molecule is COC(=O)Cc1cc(=O)[nH]c(SCCN2C(=O)c3ccccc3S2(=O)=O)n1. The Morgan fingerprint density at radius 1 is 1.30 bits per heavy atom. The molecule has 11 heteroatoms. The lowest BCUT2D eigenvalue weighted by Gasteiger charge is -2.14. The number of amides is 1. The van der Waals surface area contributed by atoms with Crippen LogP contribution in [0.3, 0.4) is 0 Å². The summed E-state index contributed by atoms with van der Waals surface area (Å²) >= 11 is 1.07. The Morgan fingerprint density at radius 3 is 2.74 bits per heavy atom. The largest absolute Gasteiger partial charge is 0.469 e. The van der Waals surface area contributed by atoms with Crippen molar-refractivity contribution in [3.8, 4) is 0 Å². The van der Waals surface area contributed by atoms with Gasteiger partial charge in [0, 0.05) is 18.4 Å². The number of carbonyl (C=O) groups is 2. The van der Waals surface area contributed by atoms with E-state index < -0.39 is 27.5 Å². The summed E-state index contributed by atoms with van der Waals surface area (Å²) in [6.45, 7) is -0.0779. The highest BCUT2D eigenvalue weighted by Gasteiger charge is 2.40. The van der Waals surface area contributed by atoms with Crippen molar-refractivity contribution in [1.29, 1.82) is 0 Å². The summed E-state index contributed by atoms with van der Waals surface area (Å²) in [5.41, 5.74) is -0.0526. The molecular weight excluding hydrogens is 394 g/mol. The van der Waals surface area contributed by atoms with Gasteiger partial charge in [0.05, 0.1) is 24.8 Å². The summed E-state index contributed by atoms with van der Waals surface area (Å²) in [5, 5.41) is 0.225. The maximum atomic E-state index is 12.5. The van der Waals surface area contributed by atoms with Gasteiger partial charge in [-0.25, -0.2) is 17.7 Å². The van der Waals surface area contributed by atoms with Crippen LogP contribution in [0.2, 0.25) is 0 Å². The molecule has 1 amide bonds. The molecule has 0 bridgehead atoms. The van der Waals surface area contributed by atoms with Gasteiger partial charge in [-0.1, -0.05) is 23.9 Å². The third-order valence-corrected chi connectivity index (χ3v) is 6.47. The molecule has 3 rings (SSSR count). The number of nitrogens with one attached hydrogen (secondary N) is 1. The number of rotatable bonds is 6. The maximum Gasteiger partial charge on any atom is 0.311 e. The van der Waals surface area contributed by atoms with E-state index in [1.165, 1.54) is 25.3 Å². The van der Waals surface area contributed by atoms with Gasteiger partial charge in [0.15, 0.2) is 5.16 Å². The normalized spacial score (nSPS) is 14.9. The fourth-order valence-corrected chi connectivity index (χ4v) is 5.05. The average molecular weight is 409 g/mol. The van der Waals surface area contributed by atoms with Crippen LogP contribution in [0.5, 0.6) is 0 Å². The second-order valence-corrected chi connectivity index (χ2v) is 8.44. The van der Waals surface area contributed by atoms with Gasteiger partial charge >= 0.3 is 5.97 Å². The van der Waals surface area contributed by atoms with Crippen LogP contribution in [-0.2, 0) is 26.0 Å². The second-order valence-electron chi connectivity index (χ2n) is 5.52. The quantitative estimate of drug-likeness (QED) is 0.413. The van der Waals surface area contributed by atoms with Crippen molar-refractivity contribution in [3.63, 3.8) is 0 Å². The standard InChI is InChI=1S/C16H15N3O6S2/c1-25-14(21)9-10-8-13(20)18-16(17-10)26-7-6-19-15(22)11-4-2-3-5-12(11)27(19,23)24/h2-5,8H,6-7,9H2,1H3,(H,17,18,20). The molecule has 0 fully saturated rings. The Balaban J connectivity index is 1.70. The van der Waals surface area contributed by atoms with Crippen molar-refractivity contribution in [3.05, 3.63) is 51.9 Å². The summed E-state index contributed by atoms with van der Waals surface area (Å²) in [6.07, 6.45) is -0.151. The van der Waals surface area contributed by atoms with Crippen LogP contribution >= 0.6 is 11.8 Å². The van der Waals surface area contributed by atoms with Crippen LogP contribution in [0.4, 0.5) is 0 Å². The lowest BCUT2D eigenvalue weighted by atomic mass is 10.2. The first kappa shape index (κ1) is 19.1. The van der Waals surface area contributed by atoms with Crippen molar-refractivity contribution in [2.45, 2.75) is 16.5 Å². The predicted molar refractivity (Wildman–Crippen MR) is 96.0 cm³/mol. The molecule has 0 saturated carbocycles. The van der Waals surface area contributed by atoms with Crippen LogP contribution < -0.4 is 5.56 Å². The third-order valence-electron chi connectivity index (χ3n) is 3.77. The van der Waals surface area contributed by atoms with Crippen LogP contribution in [-0.4, -0.2) is 54.0 Å². The average Bonchev–Trinajstić information content (AvgIpc) is 2.82. The number of methoxy groups -OCH3 is 1. The molecular formula is C16H15N3O6S2. The zero-order valence-electron chi connectivity index (χ0n) is 14.2. The molecule has 1 aromatic heterocycles. The van der Waals surface area contributed by atoms with E-state index in [9.17, 15) is 22.8 Å². The molecule has 2 aromatic rings. The van der Waals surface area contributed by atoms with E-state index in [2.05, 4.69) is 14.7 Å². The number of esters is 1. The molecule has 1 aliphatic rings. The molecule has 1 aromatic carbocycles. The van der Waals surface area contributed by atoms with Crippen molar-refractivity contribution >= 4 is 33.7 Å². The Morgan fingerprint density at radius 2 is 2.04 bits per heavy atom. The van der Waals surface area contributed by atoms with E-state index in [0.717, 1.165) is 16.1 Å². The number of ether oxygens (including phenoxy) is 1. The lowest BCUT2D eigenvalue weighted by Crippen LogP contribution is -2.32. The molecule has 1 aliphatic heterocycles. The van der Waals surface area contributed by atoms with Gasteiger partial charge < -0.3 is 9.72 Å². The lowest BCUT2D eigenvalue weighted by molar-refractivity contribution is -0.139. The number of carbonyl (C=O) groups excluding carboxylic acids is 2. The number of aromatic nitrogens is 2. The van der Waals surface area contributed by atoms with Crippen LogP contribution in [0, 0.1) is 0 Å². The molecule has 9 nitrogen and oxygen atoms in total. The Labute approximate surface area is 158 Å². The predicted octanol–water partition coefficient (Wildman–Crippen LogP) is 0.422. The Kier molecular flexibility index (Phi) is 5.33. The van der Waals surface area contributed by atoms with Gasteiger partial charge in [0.2, 0.25) is 0 Å². The molecule has 27 heavy (non-hydrogen) atoms. The van der Waals surface area contributed by atoms with Crippen molar-refractivity contribution in [2.24, 2.45) is 0 Å². The molecule has 142 valence electrons. The van der Waals surface area contributed by atoms with E-state index in [0.29, 0.717) is 0 Å². The van der Waals surface area contributed by atoms with Crippen molar-refractivity contribution in [1.82, 2.24) is 14.3 Å². The first-order chi connectivity index (χ1) is 12.8. The second kappa shape index (κ2) is 7.53. The van der Waals surface area contributed by atoms with E-state index in [1.54, 1.807) is 12.1 Å². The highest BCUT2D eigenvalue weighted by Crippen LogP contribution is 2.30. The molecule has 0 aliphatic carbocycles. The minimum absolute atomic E-state index is 0.00777. The van der Waals surface area contributed by atoms with Gasteiger partial charge in [-0.15, -0.1) is 0 Å². The number of hydrogen-bond acceptors (Lipinski definition) is 8. The molecule has 0 saturated heterocycles. The smallest absolute Gasteiger partial charge is 0.311 e. The molecule has 1 N–H and O–H groups in total. The Hall–Kier alpha value is -2.66. The number of thioether (sulfide) groups is 1.